The molecule has 0 bridgehead atoms. The van der Waals surface area contributed by atoms with Gasteiger partial charge in [-0.05, 0) is 48.7 Å². The molecule has 0 aromatic heterocycles. The van der Waals surface area contributed by atoms with Crippen molar-refractivity contribution >= 4 is 33.5 Å². The van der Waals surface area contributed by atoms with Crippen LogP contribution in [0.5, 0.6) is 0 Å². The summed E-state index contributed by atoms with van der Waals surface area (Å²) in [5.41, 5.74) is 2.01. The summed E-state index contributed by atoms with van der Waals surface area (Å²) in [6, 6.07) is 15.1. The molecule has 1 N–H and O–H groups in total. The van der Waals surface area contributed by atoms with Gasteiger partial charge in [0, 0.05) is 9.50 Å². The van der Waals surface area contributed by atoms with Crippen LogP contribution in [0.15, 0.2) is 53.0 Å². The molecule has 2 atom stereocenters. The van der Waals surface area contributed by atoms with Crippen LogP contribution in [0.1, 0.15) is 36.4 Å². The molecule has 1 fully saturated rings. The minimum absolute atomic E-state index is 0.159. The fraction of sp³-hybridized carbons (Fsp3) is 0.316. The molecule has 0 saturated carbocycles. The maximum Gasteiger partial charge on any atom is 0.320 e. The average molecular weight is 409 g/mol. The molecule has 0 amide bonds. The standard InChI is InChI=1S/C19H19BrClNO2/c20-14-10-8-13(9-11-14)18(15-5-1-2-6-16(15)21)22-12-4-3-7-17(22)19(23)24/h1-2,5-6,8-11,17-18H,3-4,7,12H2,(H,23,24). The highest BCUT2D eigenvalue weighted by Crippen LogP contribution is 2.37. The highest BCUT2D eigenvalue weighted by molar-refractivity contribution is 9.10. The number of carbonyl (C=O) groups is 1. The van der Waals surface area contributed by atoms with Gasteiger partial charge in [-0.25, -0.2) is 0 Å². The van der Waals surface area contributed by atoms with Crippen molar-refractivity contribution in [1.29, 1.82) is 0 Å². The number of carboxylic acids is 1. The van der Waals surface area contributed by atoms with Crippen molar-refractivity contribution in [3.8, 4) is 0 Å². The van der Waals surface area contributed by atoms with E-state index in [-0.39, 0.29) is 6.04 Å². The number of benzene rings is 2. The maximum absolute atomic E-state index is 11.8. The van der Waals surface area contributed by atoms with Gasteiger partial charge in [-0.1, -0.05) is 64.3 Å². The Morgan fingerprint density at radius 3 is 2.54 bits per heavy atom. The molecule has 1 heterocycles. The Bertz CT molecular complexity index is 720. The Kier molecular flexibility index (Phi) is 5.59. The topological polar surface area (TPSA) is 40.5 Å². The van der Waals surface area contributed by atoms with Gasteiger partial charge in [0.05, 0.1) is 6.04 Å². The minimum Gasteiger partial charge on any atom is -0.480 e. The predicted octanol–water partition coefficient (Wildman–Crippen LogP) is 5.13. The third kappa shape index (κ3) is 3.66. The number of hydrogen-bond acceptors (Lipinski definition) is 2. The number of carboxylic acid groups (broad SMARTS) is 1. The molecule has 126 valence electrons. The molecule has 24 heavy (non-hydrogen) atoms. The number of rotatable bonds is 4. The summed E-state index contributed by atoms with van der Waals surface area (Å²) in [5.74, 6) is -0.760. The molecule has 2 aromatic carbocycles. The van der Waals surface area contributed by atoms with Gasteiger partial charge in [0.1, 0.15) is 6.04 Å². The Hall–Kier alpha value is -1.36. The zero-order valence-corrected chi connectivity index (χ0v) is 15.5. The fourth-order valence-electron chi connectivity index (χ4n) is 3.42. The summed E-state index contributed by atoms with van der Waals surface area (Å²) >= 11 is 9.93. The van der Waals surface area contributed by atoms with E-state index in [1.165, 1.54) is 0 Å². The Labute approximate surface area is 155 Å². The minimum atomic E-state index is -0.760. The molecule has 2 unspecified atom stereocenters. The summed E-state index contributed by atoms with van der Waals surface area (Å²) in [6.45, 7) is 0.753. The smallest absolute Gasteiger partial charge is 0.320 e. The van der Waals surface area contributed by atoms with E-state index in [1.807, 2.05) is 48.5 Å². The molecule has 0 radical (unpaired) electrons. The van der Waals surface area contributed by atoms with Crippen LogP contribution in [-0.2, 0) is 4.79 Å². The maximum atomic E-state index is 11.8. The van der Waals surface area contributed by atoms with Crippen LogP contribution in [-0.4, -0.2) is 28.6 Å². The van der Waals surface area contributed by atoms with Crippen LogP contribution in [0.2, 0.25) is 5.02 Å². The van der Waals surface area contributed by atoms with Crippen LogP contribution < -0.4 is 0 Å². The van der Waals surface area contributed by atoms with Crippen LogP contribution >= 0.6 is 27.5 Å². The number of halogens is 2. The largest absolute Gasteiger partial charge is 0.480 e. The van der Waals surface area contributed by atoms with Gasteiger partial charge in [0.15, 0.2) is 0 Å². The van der Waals surface area contributed by atoms with E-state index >= 15 is 0 Å². The second-order valence-electron chi connectivity index (χ2n) is 6.06. The molecule has 3 rings (SSSR count). The first-order valence-corrected chi connectivity index (χ1v) is 9.23. The van der Waals surface area contributed by atoms with Crippen molar-refractivity contribution < 1.29 is 9.90 Å². The van der Waals surface area contributed by atoms with E-state index in [2.05, 4.69) is 20.8 Å². The van der Waals surface area contributed by atoms with Crippen molar-refractivity contribution in [2.75, 3.05) is 6.54 Å². The average Bonchev–Trinajstić information content (AvgIpc) is 2.59. The van der Waals surface area contributed by atoms with Gasteiger partial charge in [-0.15, -0.1) is 0 Å². The third-order valence-corrected chi connectivity index (χ3v) is 5.42. The van der Waals surface area contributed by atoms with Crippen LogP contribution in [0.25, 0.3) is 0 Å². The highest BCUT2D eigenvalue weighted by Gasteiger charge is 2.35. The predicted molar refractivity (Wildman–Crippen MR) is 99.4 cm³/mol. The van der Waals surface area contributed by atoms with E-state index in [4.69, 9.17) is 11.6 Å². The molecule has 1 saturated heterocycles. The number of aliphatic carboxylic acids is 1. The van der Waals surface area contributed by atoms with E-state index in [9.17, 15) is 9.90 Å². The second-order valence-corrected chi connectivity index (χ2v) is 7.39. The normalized spacial score (nSPS) is 19.8. The summed E-state index contributed by atoms with van der Waals surface area (Å²) in [7, 11) is 0. The molecular formula is C19H19BrClNO2. The van der Waals surface area contributed by atoms with Crippen molar-refractivity contribution in [1.82, 2.24) is 4.90 Å². The Morgan fingerprint density at radius 1 is 1.17 bits per heavy atom. The van der Waals surface area contributed by atoms with Crippen molar-refractivity contribution in [2.45, 2.75) is 31.3 Å². The molecule has 5 heteroatoms. The van der Waals surface area contributed by atoms with Gasteiger partial charge in [-0.2, -0.15) is 0 Å². The fourth-order valence-corrected chi connectivity index (χ4v) is 3.92. The number of likely N-dealkylation sites (tertiary alicyclic amines) is 1. The van der Waals surface area contributed by atoms with Crippen molar-refractivity contribution in [3.05, 3.63) is 69.2 Å². The Balaban J connectivity index is 2.09. The lowest BCUT2D eigenvalue weighted by atomic mass is 9.91. The molecule has 0 aliphatic carbocycles. The van der Waals surface area contributed by atoms with Gasteiger partial charge in [0.2, 0.25) is 0 Å². The quantitative estimate of drug-likeness (QED) is 0.762. The van der Waals surface area contributed by atoms with Crippen LogP contribution in [0, 0.1) is 0 Å². The second kappa shape index (κ2) is 7.68. The zero-order chi connectivity index (χ0) is 17.1. The molecule has 3 nitrogen and oxygen atoms in total. The van der Waals surface area contributed by atoms with E-state index in [0.717, 1.165) is 35.0 Å². The highest BCUT2D eigenvalue weighted by atomic mass is 79.9. The molecule has 0 spiro atoms. The lowest BCUT2D eigenvalue weighted by molar-refractivity contribution is -0.145. The Morgan fingerprint density at radius 2 is 1.88 bits per heavy atom. The lowest BCUT2D eigenvalue weighted by Crippen LogP contribution is -2.46. The summed E-state index contributed by atoms with van der Waals surface area (Å²) < 4.78 is 0.998. The first-order valence-electron chi connectivity index (χ1n) is 8.06. The summed E-state index contributed by atoms with van der Waals surface area (Å²) in [4.78, 5) is 13.9. The molecular weight excluding hydrogens is 390 g/mol. The summed E-state index contributed by atoms with van der Waals surface area (Å²) in [5, 5.41) is 10.3. The van der Waals surface area contributed by atoms with Gasteiger partial charge in [0.25, 0.3) is 0 Å². The van der Waals surface area contributed by atoms with E-state index in [0.29, 0.717) is 11.4 Å². The van der Waals surface area contributed by atoms with Crippen molar-refractivity contribution in [3.63, 3.8) is 0 Å². The molecule has 1 aliphatic heterocycles. The number of piperidine rings is 1. The summed E-state index contributed by atoms with van der Waals surface area (Å²) in [6.07, 6.45) is 2.62. The zero-order valence-electron chi connectivity index (χ0n) is 13.2. The lowest BCUT2D eigenvalue weighted by Gasteiger charge is -2.40. The van der Waals surface area contributed by atoms with E-state index < -0.39 is 12.0 Å². The van der Waals surface area contributed by atoms with Gasteiger partial charge < -0.3 is 5.11 Å². The first-order chi connectivity index (χ1) is 11.6. The van der Waals surface area contributed by atoms with Crippen molar-refractivity contribution in [2.24, 2.45) is 0 Å². The first kappa shape index (κ1) is 17.5. The van der Waals surface area contributed by atoms with E-state index in [1.54, 1.807) is 0 Å². The van der Waals surface area contributed by atoms with Crippen LogP contribution in [0.4, 0.5) is 0 Å². The SMILES string of the molecule is O=C(O)C1CCCCN1C(c1ccc(Br)cc1)c1ccccc1Cl. The van der Waals surface area contributed by atoms with Gasteiger partial charge >= 0.3 is 5.97 Å². The third-order valence-electron chi connectivity index (χ3n) is 4.55. The number of hydrogen-bond donors (Lipinski definition) is 1. The van der Waals surface area contributed by atoms with Gasteiger partial charge in [-0.3, -0.25) is 9.69 Å². The molecule has 2 aromatic rings. The monoisotopic (exact) mass is 407 g/mol. The number of nitrogens with zero attached hydrogens (tertiary/aromatic N) is 1. The molecule has 1 aliphatic rings. The van der Waals surface area contributed by atoms with Crippen LogP contribution in [0.3, 0.4) is 0 Å².